The van der Waals surface area contributed by atoms with Crippen molar-refractivity contribution in [3.05, 3.63) is 0 Å². The molecule has 1 rings (SSSR count). The predicted molar refractivity (Wildman–Crippen MR) is 42.4 cm³/mol. The van der Waals surface area contributed by atoms with Gasteiger partial charge in [-0.2, -0.15) is 0 Å². The molecular formula is C8H12O5. The smallest absolute Gasteiger partial charge is 0.305 e. The normalized spacial score (nSPS) is 27.4. The Bertz CT molecular complexity index is 191. The highest BCUT2D eigenvalue weighted by Crippen LogP contribution is 2.26. The Balaban J connectivity index is 2.43. The third-order valence-corrected chi connectivity index (χ3v) is 2.16. The van der Waals surface area contributed by atoms with Crippen molar-refractivity contribution in [3.8, 4) is 0 Å². The minimum Gasteiger partial charge on any atom is -0.481 e. The minimum absolute atomic E-state index is 0.00204. The molecule has 1 fully saturated rings. The van der Waals surface area contributed by atoms with Gasteiger partial charge in [-0.1, -0.05) is 0 Å². The van der Waals surface area contributed by atoms with Crippen LogP contribution in [0.1, 0.15) is 19.3 Å². The van der Waals surface area contributed by atoms with Gasteiger partial charge in [-0.25, -0.2) is 0 Å². The van der Waals surface area contributed by atoms with E-state index in [0.717, 1.165) is 0 Å². The van der Waals surface area contributed by atoms with Crippen molar-refractivity contribution in [2.45, 2.75) is 25.4 Å². The predicted octanol–water partition coefficient (Wildman–Crippen LogP) is 0.341. The van der Waals surface area contributed by atoms with Crippen LogP contribution in [0.3, 0.4) is 0 Å². The molecule has 0 aliphatic carbocycles. The Labute approximate surface area is 75.3 Å². The molecule has 0 aromatic heterocycles. The van der Waals surface area contributed by atoms with Gasteiger partial charge in [0.25, 0.3) is 0 Å². The van der Waals surface area contributed by atoms with Crippen LogP contribution in [0, 0.1) is 5.92 Å². The third-order valence-electron chi connectivity index (χ3n) is 2.16. The molecule has 0 radical (unpaired) electrons. The van der Waals surface area contributed by atoms with Crippen LogP contribution in [-0.4, -0.2) is 34.9 Å². The van der Waals surface area contributed by atoms with Gasteiger partial charge in [0, 0.05) is 6.61 Å². The summed E-state index contributed by atoms with van der Waals surface area (Å²) in [5.74, 6) is -1.98. The number of carboxylic acid groups (broad SMARTS) is 2. The van der Waals surface area contributed by atoms with E-state index in [2.05, 4.69) is 0 Å². The number of ether oxygens (including phenoxy) is 1. The second-order valence-electron chi connectivity index (χ2n) is 3.15. The summed E-state index contributed by atoms with van der Waals surface area (Å²) in [4.78, 5) is 20.7. The number of hydrogen-bond acceptors (Lipinski definition) is 3. The number of rotatable bonds is 4. The fraction of sp³-hybridized carbons (Fsp3) is 0.750. The zero-order valence-electron chi connectivity index (χ0n) is 7.10. The molecule has 0 spiro atoms. The molecule has 5 nitrogen and oxygen atoms in total. The lowest BCUT2D eigenvalue weighted by Gasteiger charge is -2.13. The second kappa shape index (κ2) is 4.23. The first-order chi connectivity index (χ1) is 6.09. The fourth-order valence-corrected chi connectivity index (χ4v) is 1.55. The highest BCUT2D eigenvalue weighted by atomic mass is 16.5. The van der Waals surface area contributed by atoms with Gasteiger partial charge in [-0.3, -0.25) is 9.59 Å². The summed E-state index contributed by atoms with van der Waals surface area (Å²) < 4.78 is 5.13. The van der Waals surface area contributed by atoms with E-state index < -0.39 is 18.0 Å². The summed E-state index contributed by atoms with van der Waals surface area (Å²) in [6.45, 7) is 0.468. The largest absolute Gasteiger partial charge is 0.481 e. The van der Waals surface area contributed by atoms with Crippen molar-refractivity contribution in [2.24, 2.45) is 5.92 Å². The Hall–Kier alpha value is -1.10. The zero-order chi connectivity index (χ0) is 9.84. The van der Waals surface area contributed by atoms with Gasteiger partial charge < -0.3 is 14.9 Å². The third kappa shape index (κ3) is 3.02. The van der Waals surface area contributed by atoms with Crippen LogP contribution in [0.2, 0.25) is 0 Å². The molecule has 1 aliphatic rings. The van der Waals surface area contributed by atoms with Crippen LogP contribution in [0.5, 0.6) is 0 Å². The molecule has 1 unspecified atom stereocenters. The Morgan fingerprint density at radius 1 is 1.23 bits per heavy atom. The van der Waals surface area contributed by atoms with Gasteiger partial charge in [-0.15, -0.1) is 0 Å². The van der Waals surface area contributed by atoms with Gasteiger partial charge in [0.1, 0.15) is 0 Å². The molecular weight excluding hydrogens is 176 g/mol. The Kier molecular flexibility index (Phi) is 3.25. The summed E-state index contributed by atoms with van der Waals surface area (Å²) in [7, 11) is 0. The van der Waals surface area contributed by atoms with E-state index >= 15 is 0 Å². The van der Waals surface area contributed by atoms with E-state index in [1.807, 2.05) is 0 Å². The molecule has 74 valence electrons. The molecule has 0 bridgehead atoms. The van der Waals surface area contributed by atoms with Crippen LogP contribution >= 0.6 is 0 Å². The molecule has 1 aliphatic heterocycles. The molecule has 0 amide bonds. The average molecular weight is 188 g/mol. The fourth-order valence-electron chi connectivity index (χ4n) is 1.55. The van der Waals surface area contributed by atoms with Gasteiger partial charge in [0.15, 0.2) is 0 Å². The first-order valence-corrected chi connectivity index (χ1v) is 4.15. The molecule has 13 heavy (non-hydrogen) atoms. The quantitative estimate of drug-likeness (QED) is 0.664. The average Bonchev–Trinajstić information content (AvgIpc) is 2.34. The lowest BCUT2D eigenvalue weighted by molar-refractivity contribution is -0.142. The summed E-state index contributed by atoms with van der Waals surface area (Å²) in [5.41, 5.74) is 0. The highest BCUT2D eigenvalue weighted by molar-refractivity contribution is 5.69. The first-order valence-electron chi connectivity index (χ1n) is 4.15. The monoisotopic (exact) mass is 188 g/mol. The maximum Gasteiger partial charge on any atom is 0.305 e. The van der Waals surface area contributed by atoms with Crippen molar-refractivity contribution >= 4 is 11.9 Å². The van der Waals surface area contributed by atoms with E-state index in [1.165, 1.54) is 0 Å². The molecule has 0 aromatic rings. The van der Waals surface area contributed by atoms with E-state index in [9.17, 15) is 9.59 Å². The van der Waals surface area contributed by atoms with Crippen LogP contribution in [0.4, 0.5) is 0 Å². The lowest BCUT2D eigenvalue weighted by atomic mass is 9.96. The zero-order valence-corrected chi connectivity index (χ0v) is 7.10. The standard InChI is InChI=1S/C8H12O5/c9-7(10)3-5-1-2-13-6(5)4-8(11)12/h5-6H,1-4H2,(H,9,10)(H,11,12)/t5-,6?/m1/s1. The van der Waals surface area contributed by atoms with Crippen molar-refractivity contribution in [3.63, 3.8) is 0 Å². The maximum absolute atomic E-state index is 10.4. The van der Waals surface area contributed by atoms with Crippen molar-refractivity contribution < 1.29 is 24.5 Å². The molecule has 0 saturated carbocycles. The van der Waals surface area contributed by atoms with Crippen molar-refractivity contribution in [1.82, 2.24) is 0 Å². The minimum atomic E-state index is -0.942. The molecule has 2 atom stereocenters. The number of carbonyl (C=O) groups is 2. The maximum atomic E-state index is 10.4. The molecule has 2 N–H and O–H groups in total. The number of aliphatic carboxylic acids is 2. The first kappa shape index (κ1) is 9.98. The van der Waals surface area contributed by atoms with E-state index in [0.29, 0.717) is 13.0 Å². The van der Waals surface area contributed by atoms with Gasteiger partial charge in [0.05, 0.1) is 18.9 Å². The SMILES string of the molecule is O=C(O)CC1OCC[C@@H]1CC(=O)O. The van der Waals surface area contributed by atoms with E-state index in [1.54, 1.807) is 0 Å². The van der Waals surface area contributed by atoms with Crippen molar-refractivity contribution in [1.29, 1.82) is 0 Å². The lowest BCUT2D eigenvalue weighted by Crippen LogP contribution is -2.22. The molecule has 1 saturated heterocycles. The molecule has 5 heteroatoms. The molecule has 1 heterocycles. The van der Waals surface area contributed by atoms with Crippen molar-refractivity contribution in [2.75, 3.05) is 6.61 Å². The van der Waals surface area contributed by atoms with Crippen LogP contribution in [0.15, 0.2) is 0 Å². The highest BCUT2D eigenvalue weighted by Gasteiger charge is 2.31. The second-order valence-corrected chi connectivity index (χ2v) is 3.15. The summed E-state index contributed by atoms with van der Waals surface area (Å²) in [6.07, 6.45) is 0.119. The van der Waals surface area contributed by atoms with Crippen LogP contribution in [-0.2, 0) is 14.3 Å². The van der Waals surface area contributed by atoms with Crippen LogP contribution < -0.4 is 0 Å². The van der Waals surface area contributed by atoms with Gasteiger partial charge in [-0.05, 0) is 12.3 Å². The van der Waals surface area contributed by atoms with E-state index in [-0.39, 0.29) is 18.8 Å². The number of carboxylic acids is 2. The topological polar surface area (TPSA) is 83.8 Å². The summed E-state index contributed by atoms with van der Waals surface area (Å²) in [6, 6.07) is 0. The van der Waals surface area contributed by atoms with Crippen LogP contribution in [0.25, 0.3) is 0 Å². The van der Waals surface area contributed by atoms with Gasteiger partial charge >= 0.3 is 11.9 Å². The molecule has 0 aromatic carbocycles. The summed E-state index contributed by atoms with van der Waals surface area (Å²) >= 11 is 0. The number of hydrogen-bond donors (Lipinski definition) is 2. The Morgan fingerprint density at radius 2 is 1.85 bits per heavy atom. The summed E-state index contributed by atoms with van der Waals surface area (Å²) in [5, 5.41) is 17.0. The Morgan fingerprint density at radius 3 is 2.38 bits per heavy atom. The van der Waals surface area contributed by atoms with E-state index in [4.69, 9.17) is 14.9 Å². The van der Waals surface area contributed by atoms with Gasteiger partial charge in [0.2, 0.25) is 0 Å².